The van der Waals surface area contributed by atoms with Gasteiger partial charge >= 0.3 is 5.97 Å². The summed E-state index contributed by atoms with van der Waals surface area (Å²) in [5.41, 5.74) is 1.31. The van der Waals surface area contributed by atoms with E-state index >= 15 is 0 Å². The van der Waals surface area contributed by atoms with E-state index in [9.17, 15) is 4.79 Å². The molecule has 0 spiro atoms. The molecule has 0 fully saturated rings. The van der Waals surface area contributed by atoms with Crippen LogP contribution in [0.5, 0.6) is 0 Å². The highest BCUT2D eigenvalue weighted by Crippen LogP contribution is 2.17. The van der Waals surface area contributed by atoms with E-state index < -0.39 is 12.0 Å². The third-order valence-electron chi connectivity index (χ3n) is 3.48. The predicted octanol–water partition coefficient (Wildman–Crippen LogP) is 3.41. The van der Waals surface area contributed by atoms with Crippen LogP contribution in [0.25, 0.3) is 0 Å². The number of carboxylic acid groups (broad SMARTS) is 1. The molecule has 1 aromatic rings. The Morgan fingerprint density at radius 3 is 2.53 bits per heavy atom. The summed E-state index contributed by atoms with van der Waals surface area (Å²) in [7, 11) is 0. The zero-order valence-corrected chi connectivity index (χ0v) is 11.9. The Hall–Kier alpha value is -1.35. The smallest absolute Gasteiger partial charge is 0.320 e. The van der Waals surface area contributed by atoms with E-state index in [1.807, 2.05) is 18.2 Å². The molecule has 2 atom stereocenters. The summed E-state index contributed by atoms with van der Waals surface area (Å²) in [5.74, 6) is -0.282. The second kappa shape index (κ2) is 8.70. The molecule has 1 rings (SSSR count). The first-order valence-corrected chi connectivity index (χ1v) is 7.16. The van der Waals surface area contributed by atoms with E-state index in [1.165, 1.54) is 5.56 Å². The molecule has 0 heterocycles. The number of benzene rings is 1. The van der Waals surface area contributed by atoms with E-state index in [-0.39, 0.29) is 0 Å². The fourth-order valence-electron chi connectivity index (χ4n) is 2.14. The third kappa shape index (κ3) is 5.88. The van der Waals surface area contributed by atoms with Crippen LogP contribution in [0.1, 0.15) is 51.0 Å². The highest BCUT2D eigenvalue weighted by atomic mass is 16.4. The summed E-state index contributed by atoms with van der Waals surface area (Å²) in [4.78, 5) is 11.1. The van der Waals surface area contributed by atoms with Gasteiger partial charge in [-0.15, -0.1) is 0 Å². The van der Waals surface area contributed by atoms with Crippen LogP contribution in [0.2, 0.25) is 0 Å². The van der Waals surface area contributed by atoms with Gasteiger partial charge in [-0.1, -0.05) is 57.0 Å². The standard InChI is InChI=1S/C16H25NO2/c1-3-4-10-15(16(18)19)17-12-11-13(2)14-8-6-5-7-9-14/h5-9,13,15,17H,3-4,10-12H2,1-2H3,(H,18,19)/t13?,15-/m0/s1. The average molecular weight is 263 g/mol. The summed E-state index contributed by atoms with van der Waals surface area (Å²) in [6.45, 7) is 5.01. The van der Waals surface area contributed by atoms with Crippen LogP contribution in [0.15, 0.2) is 30.3 Å². The second-order valence-corrected chi connectivity index (χ2v) is 5.09. The van der Waals surface area contributed by atoms with Crippen molar-refractivity contribution >= 4 is 5.97 Å². The van der Waals surface area contributed by atoms with E-state index in [2.05, 4.69) is 31.3 Å². The first-order chi connectivity index (χ1) is 9.15. The van der Waals surface area contributed by atoms with E-state index in [4.69, 9.17) is 5.11 Å². The maximum atomic E-state index is 11.1. The molecule has 19 heavy (non-hydrogen) atoms. The van der Waals surface area contributed by atoms with Gasteiger partial charge in [-0.3, -0.25) is 4.79 Å². The minimum atomic E-state index is -0.735. The van der Waals surface area contributed by atoms with Gasteiger partial charge < -0.3 is 10.4 Å². The number of unbranched alkanes of at least 4 members (excludes halogenated alkanes) is 1. The first kappa shape index (κ1) is 15.7. The molecule has 0 aliphatic rings. The van der Waals surface area contributed by atoms with Crippen molar-refractivity contribution in [2.75, 3.05) is 6.54 Å². The van der Waals surface area contributed by atoms with Crippen LogP contribution in [-0.4, -0.2) is 23.7 Å². The van der Waals surface area contributed by atoms with Crippen LogP contribution in [-0.2, 0) is 4.79 Å². The van der Waals surface area contributed by atoms with Crippen LogP contribution < -0.4 is 5.32 Å². The fourth-order valence-corrected chi connectivity index (χ4v) is 2.14. The Balaban J connectivity index is 2.33. The number of rotatable bonds is 9. The number of aliphatic carboxylic acids is 1. The lowest BCUT2D eigenvalue weighted by atomic mass is 9.98. The predicted molar refractivity (Wildman–Crippen MR) is 78.4 cm³/mol. The molecule has 3 nitrogen and oxygen atoms in total. The van der Waals surface area contributed by atoms with Gasteiger partial charge in [-0.25, -0.2) is 0 Å². The molecule has 2 N–H and O–H groups in total. The molecule has 1 aromatic carbocycles. The van der Waals surface area contributed by atoms with Crippen molar-refractivity contribution in [2.24, 2.45) is 0 Å². The number of hydrogen-bond acceptors (Lipinski definition) is 2. The van der Waals surface area contributed by atoms with Gasteiger partial charge in [0.15, 0.2) is 0 Å². The second-order valence-electron chi connectivity index (χ2n) is 5.09. The maximum Gasteiger partial charge on any atom is 0.320 e. The summed E-state index contributed by atoms with van der Waals surface area (Å²) in [5, 5.41) is 12.3. The maximum absolute atomic E-state index is 11.1. The van der Waals surface area contributed by atoms with Crippen molar-refractivity contribution in [2.45, 2.75) is 51.5 Å². The topological polar surface area (TPSA) is 49.3 Å². The molecule has 106 valence electrons. The quantitative estimate of drug-likeness (QED) is 0.717. The molecule has 0 amide bonds. The molecule has 3 heteroatoms. The van der Waals surface area contributed by atoms with Crippen molar-refractivity contribution < 1.29 is 9.90 Å². The van der Waals surface area contributed by atoms with Crippen LogP contribution in [0.3, 0.4) is 0 Å². The van der Waals surface area contributed by atoms with Crippen LogP contribution in [0, 0.1) is 0 Å². The fraction of sp³-hybridized carbons (Fsp3) is 0.562. The Morgan fingerprint density at radius 2 is 1.95 bits per heavy atom. The lowest BCUT2D eigenvalue weighted by molar-refractivity contribution is -0.139. The first-order valence-electron chi connectivity index (χ1n) is 7.16. The number of nitrogens with one attached hydrogen (secondary N) is 1. The molecule has 0 radical (unpaired) electrons. The summed E-state index contributed by atoms with van der Waals surface area (Å²) < 4.78 is 0. The van der Waals surface area contributed by atoms with E-state index in [0.29, 0.717) is 12.3 Å². The highest BCUT2D eigenvalue weighted by molar-refractivity contribution is 5.73. The number of carbonyl (C=O) groups is 1. The summed E-state index contributed by atoms with van der Waals surface area (Å²) in [6.07, 6.45) is 3.66. The van der Waals surface area contributed by atoms with Crippen molar-refractivity contribution in [1.29, 1.82) is 0 Å². The molecule has 1 unspecified atom stereocenters. The van der Waals surface area contributed by atoms with Gasteiger partial charge in [0.2, 0.25) is 0 Å². The van der Waals surface area contributed by atoms with Gasteiger partial charge in [0.25, 0.3) is 0 Å². The summed E-state index contributed by atoms with van der Waals surface area (Å²) in [6, 6.07) is 9.94. The Morgan fingerprint density at radius 1 is 1.26 bits per heavy atom. The minimum absolute atomic E-state index is 0.400. The van der Waals surface area contributed by atoms with Gasteiger partial charge in [0.05, 0.1) is 0 Å². The zero-order chi connectivity index (χ0) is 14.1. The van der Waals surface area contributed by atoms with Gasteiger partial charge in [0, 0.05) is 0 Å². The molecule has 0 bridgehead atoms. The number of hydrogen-bond donors (Lipinski definition) is 2. The molecular weight excluding hydrogens is 238 g/mol. The Kier molecular flexibility index (Phi) is 7.19. The van der Waals surface area contributed by atoms with Gasteiger partial charge in [0.1, 0.15) is 6.04 Å². The van der Waals surface area contributed by atoms with Crippen molar-refractivity contribution in [3.05, 3.63) is 35.9 Å². The van der Waals surface area contributed by atoms with Gasteiger partial charge in [-0.05, 0) is 30.9 Å². The van der Waals surface area contributed by atoms with E-state index in [0.717, 1.165) is 25.8 Å². The lowest BCUT2D eigenvalue weighted by Crippen LogP contribution is -2.37. The largest absolute Gasteiger partial charge is 0.480 e. The van der Waals surface area contributed by atoms with Gasteiger partial charge in [-0.2, -0.15) is 0 Å². The molecule has 0 aromatic heterocycles. The van der Waals surface area contributed by atoms with Crippen LogP contribution >= 0.6 is 0 Å². The monoisotopic (exact) mass is 263 g/mol. The molecule has 0 saturated carbocycles. The number of carboxylic acids is 1. The average Bonchev–Trinajstić information content (AvgIpc) is 2.43. The highest BCUT2D eigenvalue weighted by Gasteiger charge is 2.16. The lowest BCUT2D eigenvalue weighted by Gasteiger charge is -2.16. The normalized spacial score (nSPS) is 14.0. The molecule has 0 saturated heterocycles. The Labute approximate surface area is 116 Å². The third-order valence-corrected chi connectivity index (χ3v) is 3.48. The van der Waals surface area contributed by atoms with Crippen molar-refractivity contribution in [1.82, 2.24) is 5.32 Å². The molecular formula is C16H25NO2. The Bertz CT molecular complexity index is 364. The summed E-state index contributed by atoms with van der Waals surface area (Å²) >= 11 is 0. The van der Waals surface area contributed by atoms with Crippen molar-refractivity contribution in [3.8, 4) is 0 Å². The van der Waals surface area contributed by atoms with E-state index in [1.54, 1.807) is 0 Å². The van der Waals surface area contributed by atoms with Crippen molar-refractivity contribution in [3.63, 3.8) is 0 Å². The molecule has 0 aliphatic heterocycles. The molecule has 0 aliphatic carbocycles. The van der Waals surface area contributed by atoms with Crippen LogP contribution in [0.4, 0.5) is 0 Å². The minimum Gasteiger partial charge on any atom is -0.480 e. The zero-order valence-electron chi connectivity index (χ0n) is 11.9. The SMILES string of the molecule is CCCC[C@H](NCCC(C)c1ccccc1)C(=O)O.